The van der Waals surface area contributed by atoms with E-state index in [1.54, 1.807) is 18.2 Å². The number of amidine groups is 1. The Bertz CT molecular complexity index is 532. The molecule has 8 nitrogen and oxygen atoms in total. The summed E-state index contributed by atoms with van der Waals surface area (Å²) >= 11 is 0. The second-order valence-corrected chi connectivity index (χ2v) is 3.20. The zero-order valence-electron chi connectivity index (χ0n) is 8.33. The highest BCUT2D eigenvalue weighted by Gasteiger charge is 2.05. The van der Waals surface area contributed by atoms with E-state index in [1.165, 1.54) is 0 Å². The number of aromatic nitrogens is 3. The molecule has 0 bridgehead atoms. The highest BCUT2D eigenvalue weighted by Crippen LogP contribution is 2.12. The summed E-state index contributed by atoms with van der Waals surface area (Å²) < 4.78 is 0. The van der Waals surface area contributed by atoms with Gasteiger partial charge in [0.15, 0.2) is 0 Å². The minimum absolute atomic E-state index is 0.454. The van der Waals surface area contributed by atoms with Crippen LogP contribution in [0.5, 0.6) is 0 Å². The van der Waals surface area contributed by atoms with Crippen LogP contribution >= 0.6 is 0 Å². The lowest BCUT2D eigenvalue weighted by atomic mass is 10.1. The predicted octanol–water partition coefficient (Wildman–Crippen LogP) is -1.05. The van der Waals surface area contributed by atoms with E-state index in [1.807, 2.05) is 0 Å². The molecule has 2 rings (SSSR count). The highest BCUT2D eigenvalue weighted by molar-refractivity contribution is 5.85. The van der Waals surface area contributed by atoms with Gasteiger partial charge in [-0.05, 0) is 22.9 Å². The molecule has 1 aromatic heterocycles. The van der Waals surface area contributed by atoms with Crippen LogP contribution in [0.2, 0.25) is 0 Å². The fraction of sp³-hybridized carbons (Fsp3) is 0.125. The van der Waals surface area contributed by atoms with Gasteiger partial charge < -0.3 is 16.5 Å². The first-order valence-corrected chi connectivity index (χ1v) is 4.51. The molecule has 0 unspecified atom stereocenters. The maximum absolute atomic E-state index is 9.24. The fourth-order valence-electron chi connectivity index (χ4n) is 1.39. The summed E-state index contributed by atoms with van der Waals surface area (Å²) in [4.78, 5) is 0.720. The average Bonchev–Trinajstić information content (AvgIpc) is 2.68. The van der Waals surface area contributed by atoms with Crippen LogP contribution in [-0.2, 0) is 6.42 Å². The van der Waals surface area contributed by atoms with Gasteiger partial charge in [0, 0.05) is 6.42 Å². The van der Waals surface area contributed by atoms with Crippen LogP contribution in [0.3, 0.4) is 0 Å². The van der Waals surface area contributed by atoms with E-state index in [2.05, 4.69) is 20.8 Å². The second kappa shape index (κ2) is 4.03. The van der Waals surface area contributed by atoms with Crippen molar-refractivity contribution in [2.75, 3.05) is 0 Å². The lowest BCUT2D eigenvalue weighted by Gasteiger charge is -2.03. The predicted molar refractivity (Wildman–Crippen MR) is 57.4 cm³/mol. The summed E-state index contributed by atoms with van der Waals surface area (Å²) in [6.07, 6.45) is 0.460. The third-order valence-electron chi connectivity index (χ3n) is 2.19. The topological polar surface area (TPSA) is 127 Å². The Morgan fingerprint density at radius 3 is 3.06 bits per heavy atom. The molecule has 0 amide bonds. The Morgan fingerprint density at radius 2 is 2.38 bits per heavy atom. The molecule has 0 spiro atoms. The van der Waals surface area contributed by atoms with E-state index in [-0.39, 0.29) is 0 Å². The lowest BCUT2D eigenvalue weighted by molar-refractivity contribution is 0.155. The van der Waals surface area contributed by atoms with Crippen LogP contribution in [-0.4, -0.2) is 26.2 Å². The number of nitrogens with two attached hydrogens (primary N) is 2. The molecular formula is C8H11N7O. The van der Waals surface area contributed by atoms with Crippen molar-refractivity contribution in [1.29, 1.82) is 0 Å². The molecule has 0 fully saturated rings. The molecule has 6 N–H and O–H groups in total. The number of benzene rings is 1. The van der Waals surface area contributed by atoms with Crippen molar-refractivity contribution in [3.05, 3.63) is 23.8 Å². The van der Waals surface area contributed by atoms with Crippen LogP contribution in [0.4, 0.5) is 0 Å². The Labute approximate surface area is 90.5 Å². The first kappa shape index (κ1) is 10.2. The Balaban J connectivity index is 2.33. The van der Waals surface area contributed by atoms with Crippen LogP contribution in [0.15, 0.2) is 23.3 Å². The van der Waals surface area contributed by atoms with Crippen LogP contribution in [0.25, 0.3) is 11.0 Å². The minimum atomic E-state index is 0.454. The van der Waals surface area contributed by atoms with Gasteiger partial charge in [-0.3, -0.25) is 0 Å². The van der Waals surface area contributed by atoms with Gasteiger partial charge in [0.1, 0.15) is 16.9 Å². The summed E-state index contributed by atoms with van der Waals surface area (Å²) in [6.45, 7) is 0. The Hall–Kier alpha value is -2.35. The highest BCUT2D eigenvalue weighted by atomic mass is 16.5. The number of hydrazone groups is 1. The Morgan fingerprint density at radius 1 is 1.56 bits per heavy atom. The number of nitrogens with zero attached hydrogens (tertiary/aromatic N) is 4. The molecule has 1 heterocycles. The first-order chi connectivity index (χ1) is 7.74. The number of hydrazine groups is 1. The molecule has 8 heteroatoms. The standard InChI is InChI=1S/C8H11N7O/c9-11-8(12-10)4-5-1-2-7-6(3-5)13-14-15(7)16/h1-3,16H,4,9-10H2,(H,11,12). The third kappa shape index (κ3) is 1.73. The van der Waals surface area contributed by atoms with E-state index < -0.39 is 0 Å². The van der Waals surface area contributed by atoms with Crippen molar-refractivity contribution in [3.8, 4) is 0 Å². The quantitative estimate of drug-likeness (QED) is 0.168. The number of nitrogens with one attached hydrogen (secondary N) is 1. The summed E-state index contributed by atoms with van der Waals surface area (Å²) in [6, 6.07) is 5.29. The molecule has 1 aromatic carbocycles. The normalized spacial score (nSPS) is 11.9. The van der Waals surface area contributed by atoms with Gasteiger partial charge in [-0.25, -0.2) is 5.84 Å². The fourth-order valence-corrected chi connectivity index (χ4v) is 1.39. The van der Waals surface area contributed by atoms with Crippen LogP contribution < -0.4 is 17.1 Å². The molecule has 0 saturated heterocycles. The summed E-state index contributed by atoms with van der Waals surface area (Å²) in [5.41, 5.74) is 4.43. The van der Waals surface area contributed by atoms with Crippen molar-refractivity contribution < 1.29 is 5.21 Å². The largest absolute Gasteiger partial charge is 0.410 e. The maximum Gasteiger partial charge on any atom is 0.140 e. The SMILES string of the molecule is N/N=C(/Cc1ccc2c(c1)nnn2O)NN. The zero-order chi connectivity index (χ0) is 11.5. The Kier molecular flexibility index (Phi) is 2.56. The van der Waals surface area contributed by atoms with E-state index in [4.69, 9.17) is 11.7 Å². The molecule has 0 atom stereocenters. The van der Waals surface area contributed by atoms with Crippen molar-refractivity contribution in [1.82, 2.24) is 20.6 Å². The van der Waals surface area contributed by atoms with Crippen LogP contribution in [0.1, 0.15) is 5.56 Å². The van der Waals surface area contributed by atoms with Gasteiger partial charge >= 0.3 is 0 Å². The van der Waals surface area contributed by atoms with E-state index in [9.17, 15) is 5.21 Å². The van der Waals surface area contributed by atoms with Gasteiger partial charge in [0.2, 0.25) is 0 Å². The maximum atomic E-state index is 9.24. The van der Waals surface area contributed by atoms with Gasteiger partial charge in [-0.1, -0.05) is 10.9 Å². The molecular weight excluding hydrogens is 210 g/mol. The van der Waals surface area contributed by atoms with Crippen molar-refractivity contribution in [2.24, 2.45) is 16.8 Å². The zero-order valence-corrected chi connectivity index (χ0v) is 8.33. The molecule has 0 aliphatic rings. The average molecular weight is 221 g/mol. The van der Waals surface area contributed by atoms with Gasteiger partial charge in [-0.2, -0.15) is 5.10 Å². The van der Waals surface area contributed by atoms with Crippen LogP contribution in [0, 0.1) is 0 Å². The number of fused-ring (bicyclic) bond motifs is 1. The van der Waals surface area contributed by atoms with Gasteiger partial charge in [0.25, 0.3) is 0 Å². The van der Waals surface area contributed by atoms with Crippen molar-refractivity contribution >= 4 is 16.9 Å². The van der Waals surface area contributed by atoms with Crippen molar-refractivity contribution in [3.63, 3.8) is 0 Å². The molecule has 0 radical (unpaired) electrons. The third-order valence-corrected chi connectivity index (χ3v) is 2.19. The summed E-state index contributed by atoms with van der Waals surface area (Å²) in [7, 11) is 0. The molecule has 0 saturated carbocycles. The molecule has 16 heavy (non-hydrogen) atoms. The number of hydrogen-bond donors (Lipinski definition) is 4. The van der Waals surface area contributed by atoms with E-state index in [0.29, 0.717) is 23.3 Å². The first-order valence-electron chi connectivity index (χ1n) is 4.51. The summed E-state index contributed by atoms with van der Waals surface area (Å²) in [5, 5.41) is 20.0. The molecule has 84 valence electrons. The van der Waals surface area contributed by atoms with E-state index in [0.717, 1.165) is 10.4 Å². The number of rotatable bonds is 2. The molecule has 0 aliphatic carbocycles. The molecule has 0 aliphatic heterocycles. The minimum Gasteiger partial charge on any atom is -0.410 e. The molecule has 2 aromatic rings. The van der Waals surface area contributed by atoms with E-state index >= 15 is 0 Å². The van der Waals surface area contributed by atoms with Crippen molar-refractivity contribution in [2.45, 2.75) is 6.42 Å². The van der Waals surface area contributed by atoms with Gasteiger partial charge in [-0.15, -0.1) is 5.10 Å². The lowest BCUT2D eigenvalue weighted by Crippen LogP contribution is -2.32. The smallest absolute Gasteiger partial charge is 0.140 e. The monoisotopic (exact) mass is 221 g/mol. The van der Waals surface area contributed by atoms with Gasteiger partial charge in [0.05, 0.1) is 0 Å². The summed E-state index contributed by atoms with van der Waals surface area (Å²) in [5.74, 6) is 10.8. The number of hydrogen-bond acceptors (Lipinski definition) is 6. The second-order valence-electron chi connectivity index (χ2n) is 3.20.